The van der Waals surface area contributed by atoms with Crippen LogP contribution in [0.25, 0.3) is 0 Å². The summed E-state index contributed by atoms with van der Waals surface area (Å²) in [5.41, 5.74) is -0.391. The summed E-state index contributed by atoms with van der Waals surface area (Å²) in [6.45, 7) is 1.28. The van der Waals surface area contributed by atoms with Gasteiger partial charge in [-0.2, -0.15) is 13.2 Å². The molecule has 0 bridgehead atoms. The maximum atomic E-state index is 12.5. The van der Waals surface area contributed by atoms with Crippen molar-refractivity contribution in [3.8, 4) is 0 Å². The van der Waals surface area contributed by atoms with Crippen molar-refractivity contribution in [3.63, 3.8) is 0 Å². The van der Waals surface area contributed by atoms with Crippen molar-refractivity contribution in [1.29, 1.82) is 0 Å². The summed E-state index contributed by atoms with van der Waals surface area (Å²) in [6.07, 6.45) is -1.60. The molecular weight excluding hydrogens is 275 g/mol. The molecule has 1 N–H and O–H groups in total. The Morgan fingerprint density at radius 3 is 2.35 bits per heavy atom. The average molecular weight is 295 g/mol. The Kier molecular flexibility index (Phi) is 5.05. The van der Waals surface area contributed by atoms with E-state index in [9.17, 15) is 22.8 Å². The van der Waals surface area contributed by atoms with Crippen molar-refractivity contribution in [1.82, 2.24) is 4.90 Å². The number of rotatable bonds is 4. The first-order chi connectivity index (χ1) is 9.03. The number of carboxylic acid groups (broad SMARTS) is 1. The molecule has 1 rings (SSSR count). The van der Waals surface area contributed by atoms with Gasteiger partial charge in [-0.1, -0.05) is 26.7 Å². The van der Waals surface area contributed by atoms with Gasteiger partial charge in [0.05, 0.1) is 0 Å². The Labute approximate surface area is 115 Å². The number of carbonyl (C=O) groups excluding carboxylic acids is 1. The lowest BCUT2D eigenvalue weighted by molar-refractivity contribution is -0.171. The fourth-order valence-corrected chi connectivity index (χ4v) is 2.76. The summed E-state index contributed by atoms with van der Waals surface area (Å²) in [7, 11) is 0. The Hall–Kier alpha value is -1.27. The molecule has 1 aliphatic rings. The van der Waals surface area contributed by atoms with Gasteiger partial charge in [-0.05, 0) is 18.3 Å². The summed E-state index contributed by atoms with van der Waals surface area (Å²) in [6, 6.07) is 0. The summed E-state index contributed by atoms with van der Waals surface area (Å²) in [5, 5.41) is 8.70. The number of hydrogen-bond acceptors (Lipinski definition) is 2. The fraction of sp³-hybridized carbons (Fsp3) is 0.846. The zero-order valence-corrected chi connectivity index (χ0v) is 11.7. The summed E-state index contributed by atoms with van der Waals surface area (Å²) < 4.78 is 37.5. The van der Waals surface area contributed by atoms with Crippen LogP contribution in [0.2, 0.25) is 0 Å². The molecule has 1 atom stereocenters. The van der Waals surface area contributed by atoms with Gasteiger partial charge in [-0.3, -0.25) is 9.59 Å². The Morgan fingerprint density at radius 2 is 1.90 bits per heavy atom. The van der Waals surface area contributed by atoms with Crippen LogP contribution in [0.15, 0.2) is 0 Å². The second-order valence-corrected chi connectivity index (χ2v) is 5.99. The van der Waals surface area contributed by atoms with Gasteiger partial charge >= 0.3 is 12.1 Å². The van der Waals surface area contributed by atoms with Gasteiger partial charge in [0.25, 0.3) is 0 Å². The van der Waals surface area contributed by atoms with E-state index in [1.807, 2.05) is 13.8 Å². The Balaban J connectivity index is 2.88. The summed E-state index contributed by atoms with van der Waals surface area (Å²) >= 11 is 0. The molecule has 116 valence electrons. The predicted octanol–water partition coefficient (Wildman–Crippen LogP) is 2.68. The van der Waals surface area contributed by atoms with E-state index < -0.39 is 42.5 Å². The summed E-state index contributed by atoms with van der Waals surface area (Å²) in [5.74, 6) is -2.68. The number of aliphatic carboxylic acids is 1. The first-order valence-electron chi connectivity index (χ1n) is 6.60. The SMILES string of the molecule is CC1(C)CCCCC1C(=O)N(CC(=O)O)CC(F)(F)F. The molecule has 0 aliphatic heterocycles. The molecule has 1 fully saturated rings. The molecule has 0 radical (unpaired) electrons. The minimum atomic E-state index is -4.59. The standard InChI is InChI=1S/C13H20F3NO3/c1-12(2)6-4-3-5-9(12)11(20)17(7-10(18)19)8-13(14,15)16/h9H,3-8H2,1-2H3,(H,18,19). The van der Waals surface area contributed by atoms with E-state index in [4.69, 9.17) is 5.11 Å². The Morgan fingerprint density at radius 1 is 1.30 bits per heavy atom. The highest BCUT2D eigenvalue weighted by Gasteiger charge is 2.42. The molecule has 0 aromatic rings. The van der Waals surface area contributed by atoms with E-state index in [1.165, 1.54) is 0 Å². The number of nitrogens with zero attached hydrogens (tertiary/aromatic N) is 1. The first-order valence-corrected chi connectivity index (χ1v) is 6.60. The van der Waals surface area contributed by atoms with Crippen LogP contribution in [0, 0.1) is 11.3 Å². The van der Waals surface area contributed by atoms with Crippen molar-refractivity contribution in [2.45, 2.75) is 45.7 Å². The zero-order chi connectivity index (χ0) is 15.6. The fourth-order valence-electron chi connectivity index (χ4n) is 2.76. The number of halogens is 3. The van der Waals surface area contributed by atoms with Crippen LogP contribution in [-0.2, 0) is 9.59 Å². The van der Waals surface area contributed by atoms with E-state index in [-0.39, 0.29) is 0 Å². The molecule has 0 heterocycles. The number of hydrogen-bond donors (Lipinski definition) is 1. The molecule has 0 spiro atoms. The molecule has 0 aromatic carbocycles. The second-order valence-electron chi connectivity index (χ2n) is 5.99. The highest BCUT2D eigenvalue weighted by molar-refractivity contribution is 5.83. The van der Waals surface area contributed by atoms with Crippen molar-refractivity contribution < 1.29 is 27.9 Å². The zero-order valence-electron chi connectivity index (χ0n) is 11.7. The first kappa shape index (κ1) is 16.8. The lowest BCUT2D eigenvalue weighted by Crippen LogP contribution is -2.48. The molecule has 1 unspecified atom stereocenters. The third-order valence-corrected chi connectivity index (χ3v) is 3.81. The maximum Gasteiger partial charge on any atom is 0.406 e. The van der Waals surface area contributed by atoms with Gasteiger partial charge in [-0.15, -0.1) is 0 Å². The van der Waals surface area contributed by atoms with Gasteiger partial charge in [0, 0.05) is 5.92 Å². The van der Waals surface area contributed by atoms with Crippen molar-refractivity contribution in [2.75, 3.05) is 13.1 Å². The van der Waals surface area contributed by atoms with Crippen LogP contribution >= 0.6 is 0 Å². The highest BCUT2D eigenvalue weighted by Crippen LogP contribution is 2.41. The van der Waals surface area contributed by atoms with E-state index >= 15 is 0 Å². The van der Waals surface area contributed by atoms with Crippen LogP contribution in [-0.4, -0.2) is 41.1 Å². The smallest absolute Gasteiger partial charge is 0.406 e. The molecule has 0 aromatic heterocycles. The third-order valence-electron chi connectivity index (χ3n) is 3.81. The monoisotopic (exact) mass is 295 g/mol. The molecule has 20 heavy (non-hydrogen) atoms. The molecule has 1 amide bonds. The average Bonchev–Trinajstić information content (AvgIpc) is 2.24. The van der Waals surface area contributed by atoms with Crippen LogP contribution < -0.4 is 0 Å². The van der Waals surface area contributed by atoms with Crippen molar-refractivity contribution in [3.05, 3.63) is 0 Å². The van der Waals surface area contributed by atoms with Crippen LogP contribution in [0.3, 0.4) is 0 Å². The van der Waals surface area contributed by atoms with E-state index in [1.54, 1.807) is 0 Å². The lowest BCUT2D eigenvalue weighted by atomic mass is 9.68. The topological polar surface area (TPSA) is 57.6 Å². The van der Waals surface area contributed by atoms with Crippen LogP contribution in [0.4, 0.5) is 13.2 Å². The Bertz CT molecular complexity index is 380. The minimum absolute atomic E-state index is 0.391. The van der Waals surface area contributed by atoms with Crippen LogP contribution in [0.1, 0.15) is 39.5 Å². The molecule has 7 heteroatoms. The largest absolute Gasteiger partial charge is 0.480 e. The van der Waals surface area contributed by atoms with Gasteiger partial charge in [0.15, 0.2) is 0 Å². The quantitative estimate of drug-likeness (QED) is 0.867. The van der Waals surface area contributed by atoms with Gasteiger partial charge in [0.2, 0.25) is 5.91 Å². The third kappa shape index (κ3) is 4.68. The molecule has 1 aliphatic carbocycles. The van der Waals surface area contributed by atoms with Crippen molar-refractivity contribution >= 4 is 11.9 Å². The lowest BCUT2D eigenvalue weighted by Gasteiger charge is -2.40. The van der Waals surface area contributed by atoms with Gasteiger partial charge < -0.3 is 10.0 Å². The maximum absolute atomic E-state index is 12.5. The highest BCUT2D eigenvalue weighted by atomic mass is 19.4. The number of carbonyl (C=O) groups is 2. The summed E-state index contributed by atoms with van der Waals surface area (Å²) in [4.78, 5) is 23.4. The number of alkyl halides is 3. The minimum Gasteiger partial charge on any atom is -0.480 e. The molecule has 0 saturated heterocycles. The van der Waals surface area contributed by atoms with E-state index in [0.717, 1.165) is 19.3 Å². The number of carboxylic acids is 1. The van der Waals surface area contributed by atoms with E-state index in [2.05, 4.69) is 0 Å². The van der Waals surface area contributed by atoms with E-state index in [0.29, 0.717) is 11.3 Å². The molecule has 1 saturated carbocycles. The van der Waals surface area contributed by atoms with Gasteiger partial charge in [-0.25, -0.2) is 0 Å². The van der Waals surface area contributed by atoms with Crippen molar-refractivity contribution in [2.24, 2.45) is 11.3 Å². The predicted molar refractivity (Wildman–Crippen MR) is 66.0 cm³/mol. The van der Waals surface area contributed by atoms with Crippen LogP contribution in [0.5, 0.6) is 0 Å². The molecule has 4 nitrogen and oxygen atoms in total. The normalized spacial score (nSPS) is 22.4. The molecular formula is C13H20F3NO3. The number of amides is 1. The van der Waals surface area contributed by atoms with Gasteiger partial charge in [0.1, 0.15) is 13.1 Å². The second kappa shape index (κ2) is 6.01.